The first-order valence-electron chi connectivity index (χ1n) is 6.18. The van der Waals surface area contributed by atoms with Crippen LogP contribution < -0.4 is 5.73 Å². The molecule has 5 heteroatoms. The van der Waals surface area contributed by atoms with E-state index in [9.17, 15) is 0 Å². The SMILES string of the molecule is CC1(C)C(CN)C1c1cccc(-c2nn[nH]n2)c1. The number of aromatic nitrogens is 4. The summed E-state index contributed by atoms with van der Waals surface area (Å²) >= 11 is 0. The lowest BCUT2D eigenvalue weighted by Gasteiger charge is -2.04. The molecule has 1 saturated carbocycles. The van der Waals surface area contributed by atoms with Gasteiger partial charge in [0.2, 0.25) is 5.82 Å². The van der Waals surface area contributed by atoms with Crippen LogP contribution in [0.4, 0.5) is 0 Å². The number of aromatic amines is 1. The number of rotatable bonds is 3. The standard InChI is InChI=1S/C13H17N5/c1-13(2)10(7-14)11(13)8-4-3-5-9(6-8)12-15-17-18-16-12/h3-6,10-11H,7,14H2,1-2H3,(H,15,16,17,18). The Bertz CT molecular complexity index is 546. The zero-order valence-corrected chi connectivity index (χ0v) is 10.6. The largest absolute Gasteiger partial charge is 0.330 e. The average molecular weight is 243 g/mol. The van der Waals surface area contributed by atoms with E-state index in [0.29, 0.717) is 23.1 Å². The van der Waals surface area contributed by atoms with Gasteiger partial charge < -0.3 is 5.73 Å². The summed E-state index contributed by atoms with van der Waals surface area (Å²) in [4.78, 5) is 0. The molecule has 1 aliphatic rings. The van der Waals surface area contributed by atoms with E-state index in [1.165, 1.54) is 5.56 Å². The van der Waals surface area contributed by atoms with Gasteiger partial charge in [-0.3, -0.25) is 0 Å². The second-order valence-electron chi connectivity index (χ2n) is 5.50. The quantitative estimate of drug-likeness (QED) is 0.857. The Balaban J connectivity index is 1.94. The zero-order chi connectivity index (χ0) is 12.8. The Morgan fingerprint density at radius 3 is 2.83 bits per heavy atom. The van der Waals surface area contributed by atoms with Gasteiger partial charge >= 0.3 is 0 Å². The zero-order valence-electron chi connectivity index (χ0n) is 10.6. The lowest BCUT2D eigenvalue weighted by atomic mass is 10.0. The molecule has 0 spiro atoms. The molecule has 3 rings (SSSR count). The number of benzene rings is 1. The highest BCUT2D eigenvalue weighted by Crippen LogP contribution is 2.63. The molecule has 1 aliphatic carbocycles. The van der Waals surface area contributed by atoms with Crippen molar-refractivity contribution in [3.63, 3.8) is 0 Å². The molecule has 0 saturated heterocycles. The summed E-state index contributed by atoms with van der Waals surface area (Å²) < 4.78 is 0. The number of nitrogens with one attached hydrogen (secondary N) is 1. The third-order valence-corrected chi connectivity index (χ3v) is 4.15. The highest BCUT2D eigenvalue weighted by Gasteiger charge is 2.57. The highest BCUT2D eigenvalue weighted by atomic mass is 15.5. The van der Waals surface area contributed by atoms with Crippen molar-refractivity contribution in [2.75, 3.05) is 6.54 Å². The minimum absolute atomic E-state index is 0.296. The van der Waals surface area contributed by atoms with Gasteiger partial charge in [0, 0.05) is 5.56 Å². The number of nitrogens with two attached hydrogens (primary N) is 1. The lowest BCUT2D eigenvalue weighted by Crippen LogP contribution is -2.05. The maximum atomic E-state index is 5.83. The predicted octanol–water partition coefficient (Wildman–Crippen LogP) is 1.56. The van der Waals surface area contributed by atoms with Crippen LogP contribution in [0.5, 0.6) is 0 Å². The monoisotopic (exact) mass is 243 g/mol. The Labute approximate surface area is 106 Å². The summed E-state index contributed by atoms with van der Waals surface area (Å²) in [6.45, 7) is 5.29. The van der Waals surface area contributed by atoms with Gasteiger partial charge in [-0.05, 0) is 40.6 Å². The van der Waals surface area contributed by atoms with E-state index in [-0.39, 0.29) is 0 Å². The van der Waals surface area contributed by atoms with Crippen molar-refractivity contribution in [2.24, 2.45) is 17.1 Å². The molecule has 94 valence electrons. The topological polar surface area (TPSA) is 80.5 Å². The van der Waals surface area contributed by atoms with Crippen molar-refractivity contribution in [1.82, 2.24) is 20.6 Å². The maximum absolute atomic E-state index is 5.83. The van der Waals surface area contributed by atoms with Crippen LogP contribution in [0, 0.1) is 11.3 Å². The van der Waals surface area contributed by atoms with Gasteiger partial charge in [-0.25, -0.2) is 0 Å². The number of hydrogen-bond donors (Lipinski definition) is 2. The van der Waals surface area contributed by atoms with Crippen LogP contribution in [0.3, 0.4) is 0 Å². The van der Waals surface area contributed by atoms with Gasteiger partial charge in [-0.1, -0.05) is 32.0 Å². The van der Waals surface area contributed by atoms with Crippen LogP contribution in [0.25, 0.3) is 11.4 Å². The predicted molar refractivity (Wildman–Crippen MR) is 68.7 cm³/mol. The molecular formula is C13H17N5. The smallest absolute Gasteiger partial charge is 0.204 e. The van der Waals surface area contributed by atoms with Gasteiger partial charge in [0.15, 0.2) is 0 Å². The van der Waals surface area contributed by atoms with Crippen LogP contribution in [0.15, 0.2) is 24.3 Å². The van der Waals surface area contributed by atoms with Gasteiger partial charge in [-0.15, -0.1) is 10.2 Å². The minimum atomic E-state index is 0.296. The van der Waals surface area contributed by atoms with E-state index in [4.69, 9.17) is 5.73 Å². The second-order valence-corrected chi connectivity index (χ2v) is 5.50. The molecule has 1 aromatic carbocycles. The Morgan fingerprint density at radius 1 is 1.39 bits per heavy atom. The molecule has 0 bridgehead atoms. The van der Waals surface area contributed by atoms with Crippen molar-refractivity contribution in [3.8, 4) is 11.4 Å². The van der Waals surface area contributed by atoms with E-state index in [1.807, 2.05) is 12.1 Å². The summed E-state index contributed by atoms with van der Waals surface area (Å²) in [5.74, 6) is 1.74. The summed E-state index contributed by atoms with van der Waals surface area (Å²) in [5, 5.41) is 14.1. The first-order valence-corrected chi connectivity index (χ1v) is 6.18. The molecule has 5 nitrogen and oxygen atoms in total. The summed E-state index contributed by atoms with van der Waals surface area (Å²) in [5.41, 5.74) is 8.44. The Kier molecular flexibility index (Phi) is 2.45. The van der Waals surface area contributed by atoms with E-state index in [2.05, 4.69) is 46.6 Å². The first kappa shape index (κ1) is 11.3. The van der Waals surface area contributed by atoms with Crippen LogP contribution in [0.1, 0.15) is 25.3 Å². The number of hydrogen-bond acceptors (Lipinski definition) is 4. The molecule has 3 N–H and O–H groups in total. The molecule has 1 heterocycles. The third kappa shape index (κ3) is 1.62. The van der Waals surface area contributed by atoms with Crippen molar-refractivity contribution in [2.45, 2.75) is 19.8 Å². The second kappa shape index (κ2) is 3.88. The number of nitrogens with zero attached hydrogens (tertiary/aromatic N) is 3. The minimum Gasteiger partial charge on any atom is -0.330 e. The molecule has 2 atom stereocenters. The van der Waals surface area contributed by atoms with Gasteiger partial charge in [0.05, 0.1) is 0 Å². The van der Waals surface area contributed by atoms with E-state index in [0.717, 1.165) is 12.1 Å². The molecule has 0 radical (unpaired) electrons. The average Bonchev–Trinajstić information content (AvgIpc) is 2.76. The fourth-order valence-electron chi connectivity index (χ4n) is 3.00. The fourth-order valence-corrected chi connectivity index (χ4v) is 3.00. The van der Waals surface area contributed by atoms with Crippen molar-refractivity contribution < 1.29 is 0 Å². The number of tetrazole rings is 1. The van der Waals surface area contributed by atoms with Gasteiger partial charge in [0.1, 0.15) is 0 Å². The highest BCUT2D eigenvalue weighted by molar-refractivity contribution is 5.56. The number of H-pyrrole nitrogens is 1. The van der Waals surface area contributed by atoms with E-state index >= 15 is 0 Å². The van der Waals surface area contributed by atoms with E-state index in [1.54, 1.807) is 0 Å². The normalized spacial score (nSPS) is 25.1. The molecule has 0 aliphatic heterocycles. The summed E-state index contributed by atoms with van der Waals surface area (Å²) in [7, 11) is 0. The Morgan fingerprint density at radius 2 is 2.22 bits per heavy atom. The van der Waals surface area contributed by atoms with Crippen LogP contribution in [-0.2, 0) is 0 Å². The first-order chi connectivity index (χ1) is 8.64. The van der Waals surface area contributed by atoms with Crippen molar-refractivity contribution >= 4 is 0 Å². The molecular weight excluding hydrogens is 226 g/mol. The van der Waals surface area contributed by atoms with Crippen LogP contribution in [0.2, 0.25) is 0 Å². The lowest BCUT2D eigenvalue weighted by molar-refractivity contribution is 0.558. The molecule has 1 aromatic heterocycles. The van der Waals surface area contributed by atoms with Crippen LogP contribution >= 0.6 is 0 Å². The van der Waals surface area contributed by atoms with Crippen molar-refractivity contribution in [1.29, 1.82) is 0 Å². The van der Waals surface area contributed by atoms with E-state index < -0.39 is 0 Å². The molecule has 0 amide bonds. The third-order valence-electron chi connectivity index (χ3n) is 4.15. The van der Waals surface area contributed by atoms with Crippen LogP contribution in [-0.4, -0.2) is 27.2 Å². The molecule has 2 aromatic rings. The van der Waals surface area contributed by atoms with Gasteiger partial charge in [0.25, 0.3) is 0 Å². The Hall–Kier alpha value is -1.75. The summed E-state index contributed by atoms with van der Waals surface area (Å²) in [6, 6.07) is 8.35. The summed E-state index contributed by atoms with van der Waals surface area (Å²) in [6.07, 6.45) is 0. The van der Waals surface area contributed by atoms with Crippen molar-refractivity contribution in [3.05, 3.63) is 29.8 Å². The van der Waals surface area contributed by atoms with Gasteiger partial charge in [-0.2, -0.15) is 5.21 Å². The fraction of sp³-hybridized carbons (Fsp3) is 0.462. The maximum Gasteiger partial charge on any atom is 0.204 e. The molecule has 1 fully saturated rings. The molecule has 18 heavy (non-hydrogen) atoms. The molecule has 2 unspecified atom stereocenters.